The molecule has 2 aliphatic carbocycles. The van der Waals surface area contributed by atoms with E-state index >= 15 is 0 Å². The van der Waals surface area contributed by atoms with Crippen LogP contribution in [-0.4, -0.2) is 11.5 Å². The van der Waals surface area contributed by atoms with Crippen LogP contribution in [0.1, 0.15) is 24.8 Å². The highest BCUT2D eigenvalue weighted by molar-refractivity contribution is 5.86. The molecule has 0 aromatic heterocycles. The second-order valence-corrected chi connectivity index (χ2v) is 5.14. The molecule has 0 bridgehead atoms. The van der Waals surface area contributed by atoms with E-state index in [1.807, 2.05) is 30.3 Å². The average Bonchev–Trinajstić information content (AvgIpc) is 2.78. The van der Waals surface area contributed by atoms with Crippen LogP contribution in [0.5, 0.6) is 0 Å². The number of carbonyl (C=O) groups is 1. The van der Waals surface area contributed by atoms with Crippen LogP contribution in [0.2, 0.25) is 0 Å². The van der Waals surface area contributed by atoms with Crippen molar-refractivity contribution in [1.82, 2.24) is 0 Å². The molecule has 1 aromatic carbocycles. The number of nitrogens with two attached hydrogens (primary N) is 1. The van der Waals surface area contributed by atoms with Crippen LogP contribution in [0.3, 0.4) is 0 Å². The van der Waals surface area contributed by atoms with E-state index in [1.54, 1.807) is 0 Å². The van der Waals surface area contributed by atoms with E-state index in [0.29, 0.717) is 18.4 Å². The fourth-order valence-corrected chi connectivity index (χ4v) is 3.15. The minimum atomic E-state index is -0.660. The van der Waals surface area contributed by atoms with Crippen molar-refractivity contribution in [2.45, 2.75) is 31.4 Å². The average molecular weight is 231 g/mol. The smallest absolute Gasteiger partial charge is 0.327 e. The zero-order valence-corrected chi connectivity index (χ0v) is 9.76. The van der Waals surface area contributed by atoms with E-state index in [2.05, 4.69) is 0 Å². The molecule has 2 fully saturated rings. The molecular weight excluding hydrogens is 214 g/mol. The Kier molecular flexibility index (Phi) is 2.44. The van der Waals surface area contributed by atoms with Gasteiger partial charge in [-0.1, -0.05) is 36.8 Å². The van der Waals surface area contributed by atoms with Gasteiger partial charge in [0.25, 0.3) is 0 Å². The van der Waals surface area contributed by atoms with Gasteiger partial charge in [0.05, 0.1) is 0 Å². The van der Waals surface area contributed by atoms with Gasteiger partial charge >= 0.3 is 5.97 Å². The molecule has 0 aliphatic heterocycles. The molecular formula is C14H17NO2. The van der Waals surface area contributed by atoms with Crippen LogP contribution in [0.15, 0.2) is 30.3 Å². The van der Waals surface area contributed by atoms with E-state index in [-0.39, 0.29) is 5.97 Å². The Hall–Kier alpha value is -1.35. The number of rotatable bonds is 3. The van der Waals surface area contributed by atoms with Crippen molar-refractivity contribution < 1.29 is 9.53 Å². The predicted octanol–water partition coefficient (Wildman–Crippen LogP) is 1.86. The van der Waals surface area contributed by atoms with Crippen LogP contribution in [-0.2, 0) is 16.1 Å². The first-order valence-electron chi connectivity index (χ1n) is 6.23. The van der Waals surface area contributed by atoms with Gasteiger partial charge in [-0.3, -0.25) is 4.79 Å². The Bertz CT molecular complexity index is 419. The summed E-state index contributed by atoms with van der Waals surface area (Å²) in [6.07, 6.45) is 3.38. The van der Waals surface area contributed by atoms with E-state index in [4.69, 9.17) is 10.5 Å². The maximum absolute atomic E-state index is 12.0. The number of carbonyl (C=O) groups excluding carboxylic acids is 1. The van der Waals surface area contributed by atoms with Crippen LogP contribution >= 0.6 is 0 Å². The summed E-state index contributed by atoms with van der Waals surface area (Å²) in [6, 6.07) is 9.72. The van der Waals surface area contributed by atoms with Crippen LogP contribution < -0.4 is 5.73 Å². The summed E-state index contributed by atoms with van der Waals surface area (Å²) >= 11 is 0. The Morgan fingerprint density at radius 1 is 1.29 bits per heavy atom. The van der Waals surface area contributed by atoms with Gasteiger partial charge in [0.1, 0.15) is 12.1 Å². The second-order valence-electron chi connectivity index (χ2n) is 5.14. The molecule has 2 saturated carbocycles. The van der Waals surface area contributed by atoms with Crippen molar-refractivity contribution in [1.29, 1.82) is 0 Å². The Labute approximate surface area is 101 Å². The summed E-state index contributed by atoms with van der Waals surface area (Å²) in [5.74, 6) is 0.549. The van der Waals surface area contributed by atoms with E-state index in [0.717, 1.165) is 18.4 Å². The molecule has 3 rings (SSSR count). The third-order valence-corrected chi connectivity index (χ3v) is 4.20. The van der Waals surface area contributed by atoms with Crippen LogP contribution in [0.25, 0.3) is 0 Å². The molecule has 90 valence electrons. The van der Waals surface area contributed by atoms with Gasteiger partial charge in [0.15, 0.2) is 0 Å². The van der Waals surface area contributed by atoms with Crippen molar-refractivity contribution >= 4 is 5.97 Å². The van der Waals surface area contributed by atoms with Crippen molar-refractivity contribution in [2.75, 3.05) is 0 Å². The first-order valence-corrected chi connectivity index (χ1v) is 6.23. The monoisotopic (exact) mass is 231 g/mol. The lowest BCUT2D eigenvalue weighted by Crippen LogP contribution is -2.39. The first-order chi connectivity index (χ1) is 8.23. The molecule has 0 heterocycles. The number of fused-ring (bicyclic) bond motifs is 1. The minimum Gasteiger partial charge on any atom is -0.459 e. The standard InChI is InChI=1S/C14H17NO2/c15-14(11-7-4-8-12(11)14)13(16)17-9-10-5-2-1-3-6-10/h1-3,5-6,11-12H,4,7-9,15H2/t11-,12+,14?. The van der Waals surface area contributed by atoms with Crippen molar-refractivity contribution in [3.05, 3.63) is 35.9 Å². The van der Waals surface area contributed by atoms with Gasteiger partial charge in [0.2, 0.25) is 0 Å². The van der Waals surface area contributed by atoms with Gasteiger partial charge in [-0.05, 0) is 30.2 Å². The summed E-state index contributed by atoms with van der Waals surface area (Å²) < 4.78 is 5.33. The van der Waals surface area contributed by atoms with Crippen molar-refractivity contribution in [3.8, 4) is 0 Å². The number of ether oxygens (including phenoxy) is 1. The van der Waals surface area contributed by atoms with Gasteiger partial charge in [-0.25, -0.2) is 0 Å². The highest BCUT2D eigenvalue weighted by atomic mass is 16.5. The molecule has 0 radical (unpaired) electrons. The fourth-order valence-electron chi connectivity index (χ4n) is 3.15. The third-order valence-electron chi connectivity index (χ3n) is 4.20. The number of esters is 1. The van der Waals surface area contributed by atoms with Crippen LogP contribution in [0, 0.1) is 11.8 Å². The third kappa shape index (κ3) is 1.65. The maximum Gasteiger partial charge on any atom is 0.327 e. The van der Waals surface area contributed by atoms with E-state index in [9.17, 15) is 4.79 Å². The molecule has 1 unspecified atom stereocenters. The van der Waals surface area contributed by atoms with E-state index in [1.165, 1.54) is 6.42 Å². The predicted molar refractivity (Wildman–Crippen MR) is 64.0 cm³/mol. The lowest BCUT2D eigenvalue weighted by Gasteiger charge is -2.14. The number of hydrogen-bond acceptors (Lipinski definition) is 3. The molecule has 3 atom stereocenters. The van der Waals surface area contributed by atoms with Gasteiger partial charge in [0, 0.05) is 0 Å². The normalized spacial score (nSPS) is 34.2. The molecule has 1 aromatic rings. The molecule has 0 spiro atoms. The SMILES string of the molecule is NC1(C(=O)OCc2ccccc2)[C@@H]2CCC[C@@H]21. The molecule has 3 heteroatoms. The molecule has 2 N–H and O–H groups in total. The maximum atomic E-state index is 12.0. The largest absolute Gasteiger partial charge is 0.459 e. The zero-order chi connectivity index (χ0) is 11.9. The van der Waals surface area contributed by atoms with Gasteiger partial charge in [-0.15, -0.1) is 0 Å². The first kappa shape index (κ1) is 10.8. The fraction of sp³-hybridized carbons (Fsp3) is 0.500. The summed E-state index contributed by atoms with van der Waals surface area (Å²) in [6.45, 7) is 0.331. The van der Waals surface area contributed by atoms with Crippen molar-refractivity contribution in [3.63, 3.8) is 0 Å². The summed E-state index contributed by atoms with van der Waals surface area (Å²) in [5.41, 5.74) is 6.48. The quantitative estimate of drug-likeness (QED) is 0.808. The number of hydrogen-bond donors (Lipinski definition) is 1. The van der Waals surface area contributed by atoms with Crippen LogP contribution in [0.4, 0.5) is 0 Å². The van der Waals surface area contributed by atoms with E-state index < -0.39 is 5.54 Å². The molecule has 2 aliphatic rings. The van der Waals surface area contributed by atoms with Gasteiger partial charge < -0.3 is 10.5 Å². The molecule has 3 nitrogen and oxygen atoms in total. The van der Waals surface area contributed by atoms with Crippen molar-refractivity contribution in [2.24, 2.45) is 17.6 Å². The summed E-state index contributed by atoms with van der Waals surface area (Å²) in [4.78, 5) is 12.0. The topological polar surface area (TPSA) is 52.3 Å². The lowest BCUT2D eigenvalue weighted by atomic mass is 10.1. The zero-order valence-electron chi connectivity index (χ0n) is 9.76. The highest BCUT2D eigenvalue weighted by Gasteiger charge is 2.69. The van der Waals surface area contributed by atoms with Gasteiger partial charge in [-0.2, -0.15) is 0 Å². The summed E-state index contributed by atoms with van der Waals surface area (Å²) in [7, 11) is 0. The minimum absolute atomic E-state index is 0.212. The molecule has 0 amide bonds. The lowest BCUT2D eigenvalue weighted by molar-refractivity contribution is -0.148. The summed E-state index contributed by atoms with van der Waals surface area (Å²) in [5, 5.41) is 0. The highest BCUT2D eigenvalue weighted by Crippen LogP contribution is 2.59. The Balaban J connectivity index is 1.58. The Morgan fingerprint density at radius 2 is 1.94 bits per heavy atom. The Morgan fingerprint density at radius 3 is 2.59 bits per heavy atom. The molecule has 17 heavy (non-hydrogen) atoms. The second kappa shape index (κ2) is 3.84. The molecule has 0 saturated heterocycles. The number of benzene rings is 1.